The molecule has 0 radical (unpaired) electrons. The van der Waals surface area contributed by atoms with E-state index in [1.165, 1.54) is 5.56 Å². The van der Waals surface area contributed by atoms with Gasteiger partial charge in [0.25, 0.3) is 0 Å². The standard InChI is InChI=1S/C14H23N3O2S/c1-10(2)16-14(18)13-8-19-5-4-17(13)12(7-15)11-3-6-20-9-11/h3,6,9-10,12-13H,4-5,7-8,15H2,1-2H3,(H,16,18). The van der Waals surface area contributed by atoms with Gasteiger partial charge >= 0.3 is 0 Å². The van der Waals surface area contributed by atoms with Crippen LogP contribution in [-0.4, -0.2) is 49.2 Å². The van der Waals surface area contributed by atoms with Gasteiger partial charge in [-0.05, 0) is 36.2 Å². The Morgan fingerprint density at radius 1 is 1.65 bits per heavy atom. The minimum atomic E-state index is -0.264. The van der Waals surface area contributed by atoms with E-state index >= 15 is 0 Å². The first kappa shape index (κ1) is 15.4. The summed E-state index contributed by atoms with van der Waals surface area (Å²) < 4.78 is 5.49. The maximum atomic E-state index is 12.3. The van der Waals surface area contributed by atoms with Crippen LogP contribution in [-0.2, 0) is 9.53 Å². The highest BCUT2D eigenvalue weighted by atomic mass is 32.1. The van der Waals surface area contributed by atoms with Gasteiger partial charge in [-0.15, -0.1) is 0 Å². The van der Waals surface area contributed by atoms with Crippen LogP contribution in [0.3, 0.4) is 0 Å². The van der Waals surface area contributed by atoms with Crippen LogP contribution in [0.15, 0.2) is 16.8 Å². The molecule has 3 N–H and O–H groups in total. The van der Waals surface area contributed by atoms with Crippen LogP contribution in [0.2, 0.25) is 0 Å². The molecule has 0 bridgehead atoms. The van der Waals surface area contributed by atoms with Gasteiger partial charge in [0.2, 0.25) is 5.91 Å². The van der Waals surface area contributed by atoms with Crippen molar-refractivity contribution in [2.75, 3.05) is 26.3 Å². The van der Waals surface area contributed by atoms with E-state index in [2.05, 4.69) is 21.7 Å². The molecule has 2 unspecified atom stereocenters. The van der Waals surface area contributed by atoms with Crippen molar-refractivity contribution in [2.45, 2.75) is 32.0 Å². The van der Waals surface area contributed by atoms with Crippen LogP contribution < -0.4 is 11.1 Å². The highest BCUT2D eigenvalue weighted by Crippen LogP contribution is 2.25. The lowest BCUT2D eigenvalue weighted by atomic mass is 10.0. The number of carbonyl (C=O) groups excluding carboxylic acids is 1. The van der Waals surface area contributed by atoms with Gasteiger partial charge in [0, 0.05) is 25.2 Å². The van der Waals surface area contributed by atoms with E-state index in [4.69, 9.17) is 10.5 Å². The molecule has 0 saturated carbocycles. The van der Waals surface area contributed by atoms with Gasteiger partial charge in [-0.1, -0.05) is 0 Å². The van der Waals surface area contributed by atoms with Crippen LogP contribution in [0.4, 0.5) is 0 Å². The Morgan fingerprint density at radius 3 is 3.05 bits per heavy atom. The Balaban J connectivity index is 2.15. The summed E-state index contributed by atoms with van der Waals surface area (Å²) in [5, 5.41) is 7.11. The molecule has 1 amide bonds. The molecule has 2 atom stereocenters. The molecule has 20 heavy (non-hydrogen) atoms. The maximum Gasteiger partial charge on any atom is 0.239 e. The second-order valence-electron chi connectivity index (χ2n) is 5.30. The van der Waals surface area contributed by atoms with Crippen molar-refractivity contribution in [1.29, 1.82) is 0 Å². The van der Waals surface area contributed by atoms with E-state index < -0.39 is 0 Å². The molecule has 6 heteroatoms. The molecule has 1 aliphatic heterocycles. The number of thiophene rings is 1. The zero-order valence-electron chi connectivity index (χ0n) is 12.0. The molecule has 5 nitrogen and oxygen atoms in total. The molecular formula is C14H23N3O2S. The fraction of sp³-hybridized carbons (Fsp3) is 0.643. The number of nitrogens with zero attached hydrogens (tertiary/aromatic N) is 1. The first-order valence-electron chi connectivity index (χ1n) is 6.99. The summed E-state index contributed by atoms with van der Waals surface area (Å²) >= 11 is 1.65. The van der Waals surface area contributed by atoms with E-state index in [-0.39, 0.29) is 24.0 Å². The number of carbonyl (C=O) groups is 1. The zero-order chi connectivity index (χ0) is 14.5. The molecule has 2 heterocycles. The number of nitrogens with one attached hydrogen (secondary N) is 1. The van der Waals surface area contributed by atoms with E-state index in [0.29, 0.717) is 19.8 Å². The lowest BCUT2D eigenvalue weighted by Crippen LogP contribution is -2.56. The van der Waals surface area contributed by atoms with Crippen molar-refractivity contribution in [2.24, 2.45) is 5.73 Å². The zero-order valence-corrected chi connectivity index (χ0v) is 12.9. The lowest BCUT2D eigenvalue weighted by Gasteiger charge is -2.39. The van der Waals surface area contributed by atoms with Gasteiger partial charge < -0.3 is 15.8 Å². The smallest absolute Gasteiger partial charge is 0.239 e. The van der Waals surface area contributed by atoms with Crippen LogP contribution in [0.5, 0.6) is 0 Å². The highest BCUT2D eigenvalue weighted by molar-refractivity contribution is 7.07. The van der Waals surface area contributed by atoms with Crippen LogP contribution in [0, 0.1) is 0 Å². The Kier molecular flexibility index (Phi) is 5.54. The van der Waals surface area contributed by atoms with Gasteiger partial charge in [0.1, 0.15) is 6.04 Å². The second kappa shape index (κ2) is 7.17. The molecule has 1 saturated heterocycles. The fourth-order valence-corrected chi connectivity index (χ4v) is 3.23. The van der Waals surface area contributed by atoms with E-state index in [1.54, 1.807) is 11.3 Å². The predicted molar refractivity (Wildman–Crippen MR) is 80.7 cm³/mol. The van der Waals surface area contributed by atoms with Crippen molar-refractivity contribution < 1.29 is 9.53 Å². The van der Waals surface area contributed by atoms with Gasteiger partial charge in [-0.3, -0.25) is 9.69 Å². The number of hydrogen-bond donors (Lipinski definition) is 2. The topological polar surface area (TPSA) is 67.6 Å². The number of nitrogens with two attached hydrogens (primary N) is 1. The first-order valence-corrected chi connectivity index (χ1v) is 7.93. The van der Waals surface area contributed by atoms with E-state index in [1.807, 2.05) is 19.2 Å². The second-order valence-corrected chi connectivity index (χ2v) is 6.08. The molecule has 0 aromatic carbocycles. The quantitative estimate of drug-likeness (QED) is 0.850. The maximum absolute atomic E-state index is 12.3. The van der Waals surface area contributed by atoms with Crippen molar-refractivity contribution >= 4 is 17.2 Å². The Bertz CT molecular complexity index is 422. The monoisotopic (exact) mass is 297 g/mol. The fourth-order valence-electron chi connectivity index (χ4n) is 2.52. The number of morpholine rings is 1. The minimum Gasteiger partial charge on any atom is -0.378 e. The van der Waals surface area contributed by atoms with Crippen LogP contribution in [0.1, 0.15) is 25.5 Å². The van der Waals surface area contributed by atoms with Crippen LogP contribution >= 0.6 is 11.3 Å². The molecule has 112 valence electrons. The first-order chi connectivity index (χ1) is 9.63. The average molecular weight is 297 g/mol. The summed E-state index contributed by atoms with van der Waals surface area (Å²) in [6.07, 6.45) is 0. The van der Waals surface area contributed by atoms with Crippen molar-refractivity contribution in [1.82, 2.24) is 10.2 Å². The molecule has 1 aliphatic rings. The third-order valence-corrected chi connectivity index (χ3v) is 4.16. The average Bonchev–Trinajstić information content (AvgIpc) is 2.93. The van der Waals surface area contributed by atoms with Gasteiger partial charge in [-0.25, -0.2) is 0 Å². The molecule has 1 fully saturated rings. The summed E-state index contributed by atoms with van der Waals surface area (Å²) in [6, 6.07) is 2.02. The summed E-state index contributed by atoms with van der Waals surface area (Å²) in [5.41, 5.74) is 7.13. The van der Waals surface area contributed by atoms with Crippen molar-refractivity contribution in [3.05, 3.63) is 22.4 Å². The number of hydrogen-bond acceptors (Lipinski definition) is 5. The number of rotatable bonds is 5. The molecule has 0 spiro atoms. The van der Waals surface area contributed by atoms with E-state index in [0.717, 1.165) is 6.54 Å². The molecule has 2 rings (SSSR count). The third-order valence-electron chi connectivity index (χ3n) is 3.46. The normalized spacial score (nSPS) is 21.9. The van der Waals surface area contributed by atoms with Gasteiger partial charge in [0.15, 0.2) is 0 Å². The highest BCUT2D eigenvalue weighted by Gasteiger charge is 2.34. The van der Waals surface area contributed by atoms with Crippen molar-refractivity contribution in [3.8, 4) is 0 Å². The summed E-state index contributed by atoms with van der Waals surface area (Å²) in [4.78, 5) is 14.5. The van der Waals surface area contributed by atoms with Gasteiger partial charge in [0.05, 0.1) is 13.2 Å². The number of amides is 1. The Hall–Kier alpha value is -0.950. The summed E-state index contributed by atoms with van der Waals surface area (Å²) in [5.74, 6) is 0.0216. The SMILES string of the molecule is CC(C)NC(=O)C1COCCN1C(CN)c1ccsc1. The Labute approximate surface area is 124 Å². The third kappa shape index (κ3) is 3.58. The van der Waals surface area contributed by atoms with E-state index in [9.17, 15) is 4.79 Å². The van der Waals surface area contributed by atoms with Gasteiger partial charge in [-0.2, -0.15) is 11.3 Å². The van der Waals surface area contributed by atoms with Crippen LogP contribution in [0.25, 0.3) is 0 Å². The molecule has 0 aliphatic carbocycles. The predicted octanol–water partition coefficient (Wildman–Crippen LogP) is 0.973. The minimum absolute atomic E-state index is 0.0216. The molecular weight excluding hydrogens is 274 g/mol. The van der Waals surface area contributed by atoms with Crippen molar-refractivity contribution in [3.63, 3.8) is 0 Å². The lowest BCUT2D eigenvalue weighted by molar-refractivity contribution is -0.135. The summed E-state index contributed by atoms with van der Waals surface area (Å²) in [6.45, 7) is 6.23. The Morgan fingerprint density at radius 2 is 2.45 bits per heavy atom. The molecule has 1 aromatic rings. The number of ether oxygens (including phenoxy) is 1. The summed E-state index contributed by atoms with van der Waals surface area (Å²) in [7, 11) is 0. The largest absolute Gasteiger partial charge is 0.378 e. The molecule has 1 aromatic heterocycles.